The van der Waals surface area contributed by atoms with Crippen molar-refractivity contribution in [2.24, 2.45) is 5.92 Å². The topological polar surface area (TPSA) is 106 Å². The molecular weight excluding hydrogens is 372 g/mol. The number of hydrogen-bond donors (Lipinski definition) is 2. The minimum Gasteiger partial charge on any atom is -0.493 e. The summed E-state index contributed by atoms with van der Waals surface area (Å²) in [7, 11) is 1.59. The van der Waals surface area contributed by atoms with Crippen LogP contribution >= 0.6 is 0 Å². The number of amides is 1. The summed E-state index contributed by atoms with van der Waals surface area (Å²) >= 11 is 0. The van der Waals surface area contributed by atoms with Crippen LogP contribution in [-0.4, -0.2) is 34.6 Å². The van der Waals surface area contributed by atoms with Crippen molar-refractivity contribution in [1.29, 1.82) is 0 Å². The van der Waals surface area contributed by atoms with Crippen LogP contribution in [0.1, 0.15) is 11.3 Å². The zero-order chi connectivity index (χ0) is 20.2. The number of aromatic amines is 1. The van der Waals surface area contributed by atoms with Gasteiger partial charge in [-0.05, 0) is 30.2 Å². The van der Waals surface area contributed by atoms with Gasteiger partial charge in [-0.2, -0.15) is 0 Å². The lowest BCUT2D eigenvalue weighted by Crippen LogP contribution is -2.37. The van der Waals surface area contributed by atoms with Crippen LogP contribution < -0.4 is 20.3 Å². The number of carbonyl (C=O) groups excluding carboxylic acids is 1. The van der Waals surface area contributed by atoms with Crippen LogP contribution in [0.3, 0.4) is 0 Å². The highest BCUT2D eigenvalue weighted by atomic mass is 16.5. The summed E-state index contributed by atoms with van der Waals surface area (Å²) in [6.45, 7) is 0.423. The number of carbonyl (C=O) groups is 1. The van der Waals surface area contributed by atoms with E-state index >= 15 is 0 Å². The summed E-state index contributed by atoms with van der Waals surface area (Å²) in [5.74, 6) is 1.32. The molecule has 1 unspecified atom stereocenters. The van der Waals surface area contributed by atoms with Crippen molar-refractivity contribution in [2.45, 2.75) is 13.0 Å². The molecule has 29 heavy (non-hydrogen) atoms. The Morgan fingerprint density at radius 3 is 2.93 bits per heavy atom. The van der Waals surface area contributed by atoms with E-state index in [2.05, 4.69) is 20.3 Å². The standard InChI is InChI=1S/C21H20N4O4/c1-28-17-4-2-3-14-9-15(12-29-19(14)17)21(27)23-11-16-10-18(26)25-20(24-16)13-5-7-22-8-6-13/h2-8,10,15H,9,11-12H2,1H3,(H,23,27)(H,24,25,26). The second-order valence-corrected chi connectivity index (χ2v) is 6.70. The Kier molecular flexibility index (Phi) is 5.24. The molecule has 0 radical (unpaired) electrons. The fourth-order valence-electron chi connectivity index (χ4n) is 3.29. The highest BCUT2D eigenvalue weighted by Gasteiger charge is 2.27. The second kappa shape index (κ2) is 8.14. The highest BCUT2D eigenvalue weighted by molar-refractivity contribution is 5.79. The van der Waals surface area contributed by atoms with Gasteiger partial charge in [0.15, 0.2) is 11.5 Å². The first-order chi connectivity index (χ1) is 14.1. The van der Waals surface area contributed by atoms with E-state index < -0.39 is 0 Å². The highest BCUT2D eigenvalue weighted by Crippen LogP contribution is 2.36. The molecule has 0 aliphatic carbocycles. The van der Waals surface area contributed by atoms with Crippen molar-refractivity contribution in [3.63, 3.8) is 0 Å². The van der Waals surface area contributed by atoms with Crippen molar-refractivity contribution in [3.05, 3.63) is 70.4 Å². The van der Waals surface area contributed by atoms with Crippen LogP contribution in [-0.2, 0) is 17.8 Å². The largest absolute Gasteiger partial charge is 0.493 e. The van der Waals surface area contributed by atoms with Crippen molar-refractivity contribution >= 4 is 5.91 Å². The molecule has 2 aromatic heterocycles. The maximum absolute atomic E-state index is 12.6. The average Bonchev–Trinajstić information content (AvgIpc) is 2.76. The van der Waals surface area contributed by atoms with Gasteiger partial charge in [-0.25, -0.2) is 4.98 Å². The van der Waals surface area contributed by atoms with E-state index in [9.17, 15) is 9.59 Å². The average molecular weight is 392 g/mol. The van der Waals surface area contributed by atoms with E-state index in [4.69, 9.17) is 9.47 Å². The molecular formula is C21H20N4O4. The van der Waals surface area contributed by atoms with Gasteiger partial charge in [-0.3, -0.25) is 14.6 Å². The molecule has 1 aliphatic rings. The molecule has 1 aliphatic heterocycles. The van der Waals surface area contributed by atoms with Gasteiger partial charge in [-0.15, -0.1) is 0 Å². The molecule has 1 atom stereocenters. The number of aromatic nitrogens is 3. The van der Waals surface area contributed by atoms with Crippen LogP contribution in [0.2, 0.25) is 0 Å². The minimum absolute atomic E-state index is 0.147. The fraction of sp³-hybridized carbons (Fsp3) is 0.238. The SMILES string of the molecule is COc1cccc2c1OCC(C(=O)NCc1cc(=O)[nH]c(-c3ccncc3)n1)C2. The van der Waals surface area contributed by atoms with Gasteiger partial charge in [0, 0.05) is 24.0 Å². The summed E-state index contributed by atoms with van der Waals surface area (Å²) in [4.78, 5) is 35.7. The Balaban J connectivity index is 1.44. The summed E-state index contributed by atoms with van der Waals surface area (Å²) in [6.07, 6.45) is 3.81. The number of nitrogens with one attached hydrogen (secondary N) is 2. The Bertz CT molecular complexity index is 1080. The Hall–Kier alpha value is -3.68. The van der Waals surface area contributed by atoms with Gasteiger partial charge in [0.2, 0.25) is 5.91 Å². The molecule has 2 N–H and O–H groups in total. The number of fused-ring (bicyclic) bond motifs is 1. The number of rotatable bonds is 5. The molecule has 1 aromatic carbocycles. The molecule has 0 saturated heterocycles. The molecule has 3 aromatic rings. The first-order valence-electron chi connectivity index (χ1n) is 9.21. The number of benzene rings is 1. The maximum atomic E-state index is 12.6. The third-order valence-electron chi connectivity index (χ3n) is 4.74. The van der Waals surface area contributed by atoms with E-state index in [1.54, 1.807) is 31.6 Å². The van der Waals surface area contributed by atoms with Crippen LogP contribution in [0.5, 0.6) is 11.5 Å². The van der Waals surface area contributed by atoms with E-state index in [1.807, 2.05) is 18.2 Å². The molecule has 0 fully saturated rings. The number of nitrogens with zero attached hydrogens (tertiary/aromatic N) is 2. The van der Waals surface area contributed by atoms with Gasteiger partial charge < -0.3 is 19.8 Å². The summed E-state index contributed by atoms with van der Waals surface area (Å²) in [5, 5.41) is 2.86. The van der Waals surface area contributed by atoms with Crippen molar-refractivity contribution in [1.82, 2.24) is 20.3 Å². The zero-order valence-electron chi connectivity index (χ0n) is 15.8. The minimum atomic E-state index is -0.323. The van der Waals surface area contributed by atoms with Gasteiger partial charge in [0.05, 0.1) is 25.3 Å². The van der Waals surface area contributed by atoms with E-state index in [0.717, 1.165) is 11.1 Å². The predicted octanol–water partition coefficient (Wildman–Crippen LogP) is 1.71. The molecule has 0 bridgehead atoms. The maximum Gasteiger partial charge on any atom is 0.251 e. The third kappa shape index (κ3) is 4.11. The smallest absolute Gasteiger partial charge is 0.251 e. The summed E-state index contributed by atoms with van der Waals surface area (Å²) in [5.41, 5.74) is 1.88. The molecule has 8 heteroatoms. The van der Waals surface area contributed by atoms with Gasteiger partial charge in [-0.1, -0.05) is 12.1 Å². The zero-order valence-corrected chi connectivity index (χ0v) is 15.8. The van der Waals surface area contributed by atoms with E-state index in [1.165, 1.54) is 6.07 Å². The van der Waals surface area contributed by atoms with Crippen LogP contribution in [0, 0.1) is 5.92 Å². The van der Waals surface area contributed by atoms with Crippen molar-refractivity contribution in [2.75, 3.05) is 13.7 Å². The van der Waals surface area contributed by atoms with E-state index in [0.29, 0.717) is 29.4 Å². The van der Waals surface area contributed by atoms with Crippen molar-refractivity contribution < 1.29 is 14.3 Å². The van der Waals surface area contributed by atoms with Crippen molar-refractivity contribution in [3.8, 4) is 22.9 Å². The van der Waals surface area contributed by atoms with Crippen LogP contribution in [0.25, 0.3) is 11.4 Å². The number of para-hydroxylation sites is 1. The molecule has 148 valence electrons. The van der Waals surface area contributed by atoms with Gasteiger partial charge in [0.25, 0.3) is 5.56 Å². The molecule has 8 nitrogen and oxygen atoms in total. The number of H-pyrrole nitrogens is 1. The molecule has 1 amide bonds. The Morgan fingerprint density at radius 1 is 1.31 bits per heavy atom. The summed E-state index contributed by atoms with van der Waals surface area (Å²) < 4.78 is 11.1. The predicted molar refractivity (Wildman–Crippen MR) is 106 cm³/mol. The van der Waals surface area contributed by atoms with Crippen LogP contribution in [0.4, 0.5) is 0 Å². The third-order valence-corrected chi connectivity index (χ3v) is 4.74. The normalized spacial score (nSPS) is 15.1. The quantitative estimate of drug-likeness (QED) is 0.685. The number of methoxy groups -OCH3 is 1. The summed E-state index contributed by atoms with van der Waals surface area (Å²) in [6, 6.07) is 10.5. The fourth-order valence-corrected chi connectivity index (χ4v) is 3.29. The first kappa shape index (κ1) is 18.7. The van der Waals surface area contributed by atoms with E-state index in [-0.39, 0.29) is 30.5 Å². The lowest BCUT2D eigenvalue weighted by atomic mass is 9.95. The molecule has 0 spiro atoms. The molecule has 4 rings (SSSR count). The van der Waals surface area contributed by atoms with Gasteiger partial charge in [0.1, 0.15) is 12.4 Å². The first-order valence-corrected chi connectivity index (χ1v) is 9.21. The van der Waals surface area contributed by atoms with Gasteiger partial charge >= 0.3 is 0 Å². The monoisotopic (exact) mass is 392 g/mol. The Labute approximate surface area is 166 Å². The number of ether oxygens (including phenoxy) is 2. The lowest BCUT2D eigenvalue weighted by molar-refractivity contribution is -0.126. The molecule has 0 saturated carbocycles. The second-order valence-electron chi connectivity index (χ2n) is 6.70. The number of hydrogen-bond acceptors (Lipinski definition) is 6. The van der Waals surface area contributed by atoms with Crippen LogP contribution in [0.15, 0.2) is 53.6 Å². The lowest BCUT2D eigenvalue weighted by Gasteiger charge is -2.25. The Morgan fingerprint density at radius 2 is 2.14 bits per heavy atom. The molecule has 3 heterocycles. The number of pyridine rings is 1.